The summed E-state index contributed by atoms with van der Waals surface area (Å²) in [4.78, 5) is 11.8. The van der Waals surface area contributed by atoms with Crippen molar-refractivity contribution in [3.8, 4) is 0 Å². The molecule has 1 aromatic rings. The molecule has 2 fully saturated rings. The minimum Gasteiger partial charge on any atom is -0.376 e. The normalized spacial score (nSPS) is 35.8. The SMILES string of the molecule is NC1C2CCCOC2C1NC(=O)c1csnn1. The van der Waals surface area contributed by atoms with E-state index in [4.69, 9.17) is 10.5 Å². The highest BCUT2D eigenvalue weighted by Gasteiger charge is 2.51. The molecule has 17 heavy (non-hydrogen) atoms. The monoisotopic (exact) mass is 254 g/mol. The van der Waals surface area contributed by atoms with Crippen molar-refractivity contribution >= 4 is 17.4 Å². The maximum atomic E-state index is 11.8. The first-order valence-electron chi connectivity index (χ1n) is 5.72. The van der Waals surface area contributed by atoms with Gasteiger partial charge in [-0.25, -0.2) is 0 Å². The van der Waals surface area contributed by atoms with Crippen molar-refractivity contribution in [1.29, 1.82) is 0 Å². The third kappa shape index (κ3) is 1.84. The van der Waals surface area contributed by atoms with Crippen LogP contribution in [-0.4, -0.2) is 40.3 Å². The van der Waals surface area contributed by atoms with Gasteiger partial charge in [0.15, 0.2) is 5.69 Å². The highest BCUT2D eigenvalue weighted by atomic mass is 32.1. The number of hydrogen-bond acceptors (Lipinski definition) is 6. The highest BCUT2D eigenvalue weighted by molar-refractivity contribution is 7.03. The molecule has 1 aliphatic heterocycles. The summed E-state index contributed by atoms with van der Waals surface area (Å²) in [5.41, 5.74) is 6.40. The van der Waals surface area contributed by atoms with Crippen molar-refractivity contribution in [1.82, 2.24) is 14.9 Å². The number of aromatic nitrogens is 2. The van der Waals surface area contributed by atoms with Crippen LogP contribution in [0.25, 0.3) is 0 Å². The largest absolute Gasteiger partial charge is 0.376 e. The Morgan fingerprint density at radius 2 is 2.53 bits per heavy atom. The van der Waals surface area contributed by atoms with E-state index in [-0.39, 0.29) is 24.1 Å². The van der Waals surface area contributed by atoms with E-state index >= 15 is 0 Å². The van der Waals surface area contributed by atoms with E-state index in [2.05, 4.69) is 14.9 Å². The Hall–Kier alpha value is -1.05. The Kier molecular flexibility index (Phi) is 2.81. The molecule has 6 nitrogen and oxygen atoms in total. The molecule has 1 amide bonds. The fraction of sp³-hybridized carbons (Fsp3) is 0.700. The van der Waals surface area contributed by atoms with Crippen LogP contribution in [-0.2, 0) is 4.74 Å². The molecule has 0 aromatic carbocycles. The van der Waals surface area contributed by atoms with Crippen LogP contribution < -0.4 is 11.1 Å². The lowest BCUT2D eigenvalue weighted by molar-refractivity contribution is -0.117. The maximum absolute atomic E-state index is 11.8. The second-order valence-corrected chi connectivity index (χ2v) is 5.12. The predicted octanol–water partition coefficient (Wildman–Crippen LogP) is -0.227. The van der Waals surface area contributed by atoms with E-state index in [1.807, 2.05) is 0 Å². The molecule has 92 valence electrons. The molecule has 1 aliphatic carbocycles. The van der Waals surface area contributed by atoms with Gasteiger partial charge in [-0.05, 0) is 24.4 Å². The van der Waals surface area contributed by atoms with Crippen LogP contribution >= 0.6 is 11.5 Å². The number of carbonyl (C=O) groups is 1. The van der Waals surface area contributed by atoms with E-state index in [9.17, 15) is 4.79 Å². The first-order chi connectivity index (χ1) is 8.27. The minimum atomic E-state index is -0.216. The van der Waals surface area contributed by atoms with E-state index in [0.29, 0.717) is 11.6 Å². The van der Waals surface area contributed by atoms with Crippen LogP contribution in [0, 0.1) is 5.92 Å². The molecule has 2 aliphatic rings. The summed E-state index contributed by atoms with van der Waals surface area (Å²) < 4.78 is 9.31. The summed E-state index contributed by atoms with van der Waals surface area (Å²) in [6, 6.07) is -0.0923. The summed E-state index contributed by atoms with van der Waals surface area (Å²) in [5.74, 6) is 0.175. The Morgan fingerprint density at radius 1 is 1.65 bits per heavy atom. The topological polar surface area (TPSA) is 90.1 Å². The number of nitrogens with zero attached hydrogens (tertiary/aromatic N) is 2. The second kappa shape index (κ2) is 4.32. The molecule has 0 spiro atoms. The number of hydrogen-bond donors (Lipinski definition) is 2. The van der Waals surface area contributed by atoms with Crippen molar-refractivity contribution in [2.24, 2.45) is 11.7 Å². The number of ether oxygens (including phenoxy) is 1. The molecule has 3 N–H and O–H groups in total. The summed E-state index contributed by atoms with van der Waals surface area (Å²) >= 11 is 1.16. The van der Waals surface area contributed by atoms with Gasteiger partial charge in [-0.3, -0.25) is 4.79 Å². The zero-order chi connectivity index (χ0) is 11.8. The molecule has 0 bridgehead atoms. The average Bonchev–Trinajstić information content (AvgIpc) is 2.89. The van der Waals surface area contributed by atoms with Crippen LogP contribution in [0.5, 0.6) is 0 Å². The second-order valence-electron chi connectivity index (χ2n) is 4.51. The van der Waals surface area contributed by atoms with Crippen molar-refractivity contribution in [3.05, 3.63) is 11.1 Å². The Morgan fingerprint density at radius 3 is 3.29 bits per heavy atom. The van der Waals surface area contributed by atoms with E-state index in [1.54, 1.807) is 5.38 Å². The fourth-order valence-corrected chi connectivity index (χ4v) is 3.05. The number of amides is 1. The maximum Gasteiger partial charge on any atom is 0.273 e. The van der Waals surface area contributed by atoms with Crippen molar-refractivity contribution in [2.45, 2.75) is 31.0 Å². The molecule has 4 unspecified atom stereocenters. The average molecular weight is 254 g/mol. The van der Waals surface area contributed by atoms with Crippen LogP contribution in [0.15, 0.2) is 5.38 Å². The molecule has 1 saturated carbocycles. The van der Waals surface area contributed by atoms with Crippen molar-refractivity contribution in [2.75, 3.05) is 6.61 Å². The summed E-state index contributed by atoms with van der Waals surface area (Å²) in [5, 5.41) is 8.24. The summed E-state index contributed by atoms with van der Waals surface area (Å²) in [7, 11) is 0. The van der Waals surface area contributed by atoms with Gasteiger partial charge in [-0.1, -0.05) is 4.49 Å². The van der Waals surface area contributed by atoms with Gasteiger partial charge in [0.2, 0.25) is 0 Å². The van der Waals surface area contributed by atoms with Crippen LogP contribution in [0.4, 0.5) is 0 Å². The smallest absolute Gasteiger partial charge is 0.273 e. The van der Waals surface area contributed by atoms with Crippen LogP contribution in [0.1, 0.15) is 23.3 Å². The fourth-order valence-electron chi connectivity index (χ4n) is 2.61. The van der Waals surface area contributed by atoms with Gasteiger partial charge in [0, 0.05) is 23.9 Å². The number of carbonyl (C=O) groups excluding carboxylic acids is 1. The molecular weight excluding hydrogens is 240 g/mol. The van der Waals surface area contributed by atoms with Gasteiger partial charge in [-0.15, -0.1) is 5.10 Å². The molecule has 4 atom stereocenters. The van der Waals surface area contributed by atoms with Gasteiger partial charge in [0.05, 0.1) is 12.1 Å². The zero-order valence-electron chi connectivity index (χ0n) is 9.20. The number of nitrogens with one attached hydrogen (secondary N) is 1. The third-order valence-corrected chi connectivity index (χ3v) is 4.07. The Bertz CT molecular complexity index is 410. The number of rotatable bonds is 2. The van der Waals surface area contributed by atoms with Gasteiger partial charge >= 0.3 is 0 Å². The molecule has 0 radical (unpaired) electrons. The van der Waals surface area contributed by atoms with E-state index in [1.165, 1.54) is 0 Å². The quantitative estimate of drug-likeness (QED) is 0.761. The van der Waals surface area contributed by atoms with E-state index in [0.717, 1.165) is 31.0 Å². The number of nitrogens with two attached hydrogens (primary N) is 1. The standard InChI is InChI=1S/C10H14N4O2S/c11-7-5-2-1-3-16-9(5)8(7)12-10(15)6-4-17-14-13-6/h4-5,7-9H,1-3,11H2,(H,12,15). The van der Waals surface area contributed by atoms with Gasteiger partial charge in [0.25, 0.3) is 5.91 Å². The highest BCUT2D eigenvalue weighted by Crippen LogP contribution is 2.37. The van der Waals surface area contributed by atoms with Crippen LogP contribution in [0.2, 0.25) is 0 Å². The lowest BCUT2D eigenvalue weighted by Crippen LogP contribution is -2.72. The third-order valence-electron chi connectivity index (χ3n) is 3.57. The molecular formula is C10H14N4O2S. The Balaban J connectivity index is 1.64. The lowest BCUT2D eigenvalue weighted by atomic mass is 9.68. The van der Waals surface area contributed by atoms with Crippen molar-refractivity contribution in [3.63, 3.8) is 0 Å². The van der Waals surface area contributed by atoms with E-state index < -0.39 is 0 Å². The zero-order valence-corrected chi connectivity index (χ0v) is 10.0. The molecule has 7 heteroatoms. The molecule has 3 rings (SSSR count). The van der Waals surface area contributed by atoms with Crippen molar-refractivity contribution < 1.29 is 9.53 Å². The minimum absolute atomic E-state index is 0.00385. The van der Waals surface area contributed by atoms with Gasteiger partial charge in [0.1, 0.15) is 0 Å². The summed E-state index contributed by atoms with van der Waals surface area (Å²) in [6.45, 7) is 0.762. The van der Waals surface area contributed by atoms with Gasteiger partial charge < -0.3 is 15.8 Å². The molecule has 1 saturated heterocycles. The number of fused-ring (bicyclic) bond motifs is 1. The molecule has 1 aromatic heterocycles. The first kappa shape index (κ1) is 11.1. The first-order valence-corrected chi connectivity index (χ1v) is 6.56. The van der Waals surface area contributed by atoms with Gasteiger partial charge in [-0.2, -0.15) is 0 Å². The summed E-state index contributed by atoms with van der Waals surface area (Å²) in [6.07, 6.45) is 2.23. The van der Waals surface area contributed by atoms with Crippen LogP contribution in [0.3, 0.4) is 0 Å². The Labute approximate surface area is 103 Å². The lowest BCUT2D eigenvalue weighted by Gasteiger charge is -2.52. The predicted molar refractivity (Wildman–Crippen MR) is 61.6 cm³/mol. The molecule has 2 heterocycles.